The first-order valence-electron chi connectivity index (χ1n) is 1.62. The molecule has 0 rings (SSSR count). The van der Waals surface area contributed by atoms with E-state index < -0.39 is 0 Å². The zero-order chi connectivity index (χ0) is 3.41. The van der Waals surface area contributed by atoms with Gasteiger partial charge in [0.2, 0.25) is 0 Å². The molecule has 0 nitrogen and oxygen atoms in total. The van der Waals surface area contributed by atoms with Gasteiger partial charge in [0.15, 0.2) is 0 Å². The first kappa shape index (κ1) is 15.7. The number of halogens is 2. The Morgan fingerprint density at radius 3 is 1.50 bits per heavy atom. The van der Waals surface area contributed by atoms with Crippen LogP contribution in [0.2, 0.25) is 6.32 Å². The maximum atomic E-state index is 5.03. The standard InChI is InChI=1S/C3H7B.2BrH/c1-2-3-4;;/h2-3H2,1H3;2*1H/q+2;;/p-2. The largest absolute Gasteiger partial charge is 1.00 e. The van der Waals surface area contributed by atoms with Crippen LogP contribution >= 0.6 is 0 Å². The Morgan fingerprint density at radius 1 is 1.33 bits per heavy atom. The van der Waals surface area contributed by atoms with Gasteiger partial charge in [-0.1, -0.05) is 0 Å². The molecule has 36 valence electrons. The summed E-state index contributed by atoms with van der Waals surface area (Å²) in [4.78, 5) is 0. The molecule has 0 atom stereocenters. The molecule has 0 fully saturated rings. The topological polar surface area (TPSA) is 0 Å². The number of hydrogen-bond acceptors (Lipinski definition) is 0. The zero-order valence-electron chi connectivity index (χ0n) is 3.75. The molecule has 0 aromatic heterocycles. The molecule has 0 bridgehead atoms. The van der Waals surface area contributed by atoms with Crippen LogP contribution in [0.4, 0.5) is 0 Å². The van der Waals surface area contributed by atoms with E-state index in [1.807, 2.05) is 0 Å². The van der Waals surface area contributed by atoms with E-state index in [-0.39, 0.29) is 34.0 Å². The molecular formula is C3H7BBr2. The summed E-state index contributed by atoms with van der Waals surface area (Å²) in [7, 11) is 5.03. The second kappa shape index (κ2) is 16.6. The van der Waals surface area contributed by atoms with Gasteiger partial charge in [-0.25, -0.2) is 0 Å². The zero-order valence-corrected chi connectivity index (χ0v) is 6.92. The van der Waals surface area contributed by atoms with Gasteiger partial charge >= 0.3 is 27.5 Å². The van der Waals surface area contributed by atoms with Crippen molar-refractivity contribution < 1.29 is 34.0 Å². The second-order valence-corrected chi connectivity index (χ2v) is 0.789. The van der Waals surface area contributed by atoms with Crippen LogP contribution in [0.5, 0.6) is 0 Å². The van der Waals surface area contributed by atoms with Crippen LogP contribution in [0.1, 0.15) is 13.3 Å². The Morgan fingerprint density at radius 2 is 1.50 bits per heavy atom. The van der Waals surface area contributed by atoms with Crippen molar-refractivity contribution in [2.75, 3.05) is 0 Å². The molecule has 0 aromatic carbocycles. The Bertz CT molecular complexity index is 10.8. The molecule has 0 aliphatic heterocycles. The van der Waals surface area contributed by atoms with Gasteiger partial charge in [-0.15, -0.1) is 0 Å². The Hall–Kier alpha value is 1.02. The first-order chi connectivity index (χ1) is 1.91. The van der Waals surface area contributed by atoms with Crippen LogP contribution in [0.25, 0.3) is 0 Å². The minimum atomic E-state index is 0. The maximum Gasteiger partial charge on any atom is -1.00 e. The van der Waals surface area contributed by atoms with E-state index in [0.29, 0.717) is 0 Å². The SMILES string of the molecule is [B+2]CCC.[Br-].[Br-]. The third-order valence-electron chi connectivity index (χ3n) is 0.289. The molecule has 0 amide bonds. The molecule has 0 aromatic rings. The quantitative estimate of drug-likeness (QED) is 0.383. The van der Waals surface area contributed by atoms with Crippen molar-refractivity contribution in [3.05, 3.63) is 0 Å². The summed E-state index contributed by atoms with van der Waals surface area (Å²) in [5, 5.41) is 0. The van der Waals surface area contributed by atoms with Crippen LogP contribution in [0.15, 0.2) is 0 Å². The fourth-order valence-electron chi connectivity index (χ4n) is 0. The summed E-state index contributed by atoms with van der Waals surface area (Å²) < 4.78 is 0. The number of rotatable bonds is 1. The van der Waals surface area contributed by atoms with E-state index in [9.17, 15) is 0 Å². The van der Waals surface area contributed by atoms with Crippen LogP contribution in [-0.4, -0.2) is 7.85 Å². The van der Waals surface area contributed by atoms with Gasteiger partial charge < -0.3 is 34.0 Å². The van der Waals surface area contributed by atoms with Crippen molar-refractivity contribution in [2.24, 2.45) is 0 Å². The summed E-state index contributed by atoms with van der Waals surface area (Å²) in [5.41, 5.74) is 0. The van der Waals surface area contributed by atoms with Gasteiger partial charge in [0.1, 0.15) is 0 Å². The van der Waals surface area contributed by atoms with E-state index in [2.05, 4.69) is 6.92 Å². The molecule has 0 saturated heterocycles. The van der Waals surface area contributed by atoms with Gasteiger partial charge in [0, 0.05) is 0 Å². The summed E-state index contributed by atoms with van der Waals surface area (Å²) in [5.74, 6) is 0. The Balaban J connectivity index is -0.0000000450. The third kappa shape index (κ3) is 19.9. The van der Waals surface area contributed by atoms with E-state index in [1.54, 1.807) is 0 Å². The fraction of sp³-hybridized carbons (Fsp3) is 1.00. The van der Waals surface area contributed by atoms with Crippen molar-refractivity contribution in [1.29, 1.82) is 0 Å². The van der Waals surface area contributed by atoms with Crippen molar-refractivity contribution in [3.8, 4) is 0 Å². The predicted octanol–water partition coefficient (Wildman–Crippen LogP) is -5.01. The summed E-state index contributed by atoms with van der Waals surface area (Å²) >= 11 is 0. The van der Waals surface area contributed by atoms with E-state index in [4.69, 9.17) is 7.85 Å². The fourth-order valence-corrected chi connectivity index (χ4v) is 0. The normalized spacial score (nSPS) is 5.17. The van der Waals surface area contributed by atoms with Gasteiger partial charge in [-0.2, -0.15) is 0 Å². The van der Waals surface area contributed by atoms with Gasteiger partial charge in [-0.3, -0.25) is 0 Å². The van der Waals surface area contributed by atoms with Crippen LogP contribution in [0.3, 0.4) is 0 Å². The van der Waals surface area contributed by atoms with Crippen molar-refractivity contribution in [1.82, 2.24) is 0 Å². The van der Waals surface area contributed by atoms with Gasteiger partial charge in [0.05, 0.1) is 0 Å². The number of hydrogen-bond donors (Lipinski definition) is 0. The van der Waals surface area contributed by atoms with Crippen LogP contribution < -0.4 is 34.0 Å². The average molecular weight is 214 g/mol. The van der Waals surface area contributed by atoms with Crippen molar-refractivity contribution >= 4 is 7.85 Å². The molecule has 3 heteroatoms. The Kier molecular flexibility index (Phi) is 43.6. The van der Waals surface area contributed by atoms with E-state index >= 15 is 0 Å². The van der Waals surface area contributed by atoms with E-state index in [1.165, 1.54) is 0 Å². The third-order valence-corrected chi connectivity index (χ3v) is 0.289. The summed E-state index contributed by atoms with van der Waals surface area (Å²) in [6, 6.07) is 0. The summed E-state index contributed by atoms with van der Waals surface area (Å²) in [6.45, 7) is 2.06. The maximum absolute atomic E-state index is 5.03. The van der Waals surface area contributed by atoms with Crippen LogP contribution in [-0.2, 0) is 0 Å². The molecule has 0 unspecified atom stereocenters. The van der Waals surface area contributed by atoms with E-state index in [0.717, 1.165) is 12.7 Å². The van der Waals surface area contributed by atoms with Gasteiger partial charge in [0.25, 0.3) is 0 Å². The second-order valence-electron chi connectivity index (χ2n) is 0.789. The smallest absolute Gasteiger partial charge is 1.00 e. The van der Waals surface area contributed by atoms with Crippen molar-refractivity contribution in [3.63, 3.8) is 0 Å². The van der Waals surface area contributed by atoms with Crippen molar-refractivity contribution in [2.45, 2.75) is 19.7 Å². The minimum absolute atomic E-state index is 0. The average Bonchev–Trinajstić information content (AvgIpc) is 1.37. The molecule has 6 heavy (non-hydrogen) atoms. The molecule has 0 radical (unpaired) electrons. The molecule has 0 heterocycles. The monoisotopic (exact) mass is 212 g/mol. The molecule has 0 N–H and O–H groups in total. The summed E-state index contributed by atoms with van der Waals surface area (Å²) in [6.07, 6.45) is 1.92. The van der Waals surface area contributed by atoms with Gasteiger partial charge in [-0.05, 0) is 0 Å². The minimum Gasteiger partial charge on any atom is -1.00 e. The van der Waals surface area contributed by atoms with Crippen LogP contribution in [0, 0.1) is 0 Å². The molecule has 0 aliphatic carbocycles. The molecule has 0 saturated carbocycles. The predicted molar refractivity (Wildman–Crippen MR) is 20.9 cm³/mol. The molecule has 0 spiro atoms. The molecular weight excluding hydrogens is 207 g/mol. The first-order valence-corrected chi connectivity index (χ1v) is 1.62. The Labute approximate surface area is 61.6 Å². The molecule has 0 aliphatic rings.